The summed E-state index contributed by atoms with van der Waals surface area (Å²) < 4.78 is 0. The molecule has 1 unspecified atom stereocenters. The van der Waals surface area contributed by atoms with Gasteiger partial charge in [0.15, 0.2) is 0 Å². The summed E-state index contributed by atoms with van der Waals surface area (Å²) in [5.74, 6) is 0.287. The number of amides is 2. The lowest BCUT2D eigenvalue weighted by atomic mass is 10.2. The molecule has 2 heterocycles. The fraction of sp³-hybridized carbons (Fsp3) is 0.857. The fourth-order valence-corrected chi connectivity index (χ4v) is 3.12. The molecule has 2 saturated heterocycles. The van der Waals surface area contributed by atoms with Gasteiger partial charge in [0.1, 0.15) is 0 Å². The summed E-state index contributed by atoms with van der Waals surface area (Å²) in [5, 5.41) is 3.45. The number of likely N-dealkylation sites (tertiary alicyclic amines) is 1. The Morgan fingerprint density at radius 3 is 2.74 bits per heavy atom. The van der Waals surface area contributed by atoms with Gasteiger partial charge in [-0.2, -0.15) is 0 Å². The highest BCUT2D eigenvalue weighted by Crippen LogP contribution is 2.28. The first-order valence-corrected chi connectivity index (χ1v) is 7.54. The molecule has 1 atom stereocenters. The Bertz CT molecular complexity index is 362. The third kappa shape index (κ3) is 3.08. The summed E-state index contributed by atoms with van der Waals surface area (Å²) >= 11 is 0. The zero-order valence-corrected chi connectivity index (χ0v) is 11.4. The standard InChI is InChI=1S/C14H23N3O2/c18-13-4-2-8-16(13)10-14(19)17(12-5-6-12)9-11-3-1-7-15-11/h11-12,15H,1-10H2. The molecule has 106 valence electrons. The van der Waals surface area contributed by atoms with Gasteiger partial charge in [-0.3, -0.25) is 9.59 Å². The molecule has 0 aromatic heterocycles. The molecule has 5 heteroatoms. The molecule has 3 rings (SSSR count). The number of nitrogens with zero attached hydrogens (tertiary/aromatic N) is 2. The van der Waals surface area contributed by atoms with Gasteiger partial charge in [0.25, 0.3) is 0 Å². The third-order valence-corrected chi connectivity index (χ3v) is 4.38. The molecular weight excluding hydrogens is 242 g/mol. The molecule has 3 fully saturated rings. The van der Waals surface area contributed by atoms with E-state index in [9.17, 15) is 9.59 Å². The van der Waals surface area contributed by atoms with Gasteiger partial charge in [-0.05, 0) is 38.6 Å². The predicted molar refractivity (Wildman–Crippen MR) is 71.6 cm³/mol. The van der Waals surface area contributed by atoms with E-state index in [1.165, 1.54) is 12.8 Å². The van der Waals surface area contributed by atoms with E-state index in [0.717, 1.165) is 38.9 Å². The van der Waals surface area contributed by atoms with E-state index in [0.29, 0.717) is 25.0 Å². The van der Waals surface area contributed by atoms with Crippen LogP contribution in [0.3, 0.4) is 0 Å². The van der Waals surface area contributed by atoms with Gasteiger partial charge in [-0.15, -0.1) is 0 Å². The lowest BCUT2D eigenvalue weighted by molar-refractivity contribution is -0.139. The van der Waals surface area contributed by atoms with E-state index in [4.69, 9.17) is 0 Å². The maximum absolute atomic E-state index is 12.4. The molecule has 1 saturated carbocycles. The summed E-state index contributed by atoms with van der Waals surface area (Å²) in [5.41, 5.74) is 0. The SMILES string of the molecule is O=C1CCCN1CC(=O)N(CC1CCCN1)C1CC1. The van der Waals surface area contributed by atoms with E-state index in [-0.39, 0.29) is 11.8 Å². The van der Waals surface area contributed by atoms with Crippen LogP contribution in [0.4, 0.5) is 0 Å². The van der Waals surface area contributed by atoms with Gasteiger partial charge in [-0.25, -0.2) is 0 Å². The lowest BCUT2D eigenvalue weighted by Gasteiger charge is -2.28. The van der Waals surface area contributed by atoms with Crippen molar-refractivity contribution >= 4 is 11.8 Å². The highest BCUT2D eigenvalue weighted by Gasteiger charge is 2.35. The van der Waals surface area contributed by atoms with Crippen molar-refractivity contribution < 1.29 is 9.59 Å². The molecule has 1 N–H and O–H groups in total. The summed E-state index contributed by atoms with van der Waals surface area (Å²) in [7, 11) is 0. The minimum absolute atomic E-state index is 0.142. The van der Waals surface area contributed by atoms with Gasteiger partial charge in [0.2, 0.25) is 11.8 Å². The van der Waals surface area contributed by atoms with Crippen LogP contribution < -0.4 is 5.32 Å². The Balaban J connectivity index is 1.56. The second kappa shape index (κ2) is 5.49. The van der Waals surface area contributed by atoms with Crippen molar-refractivity contribution in [2.45, 2.75) is 50.6 Å². The Labute approximate surface area is 114 Å². The molecule has 2 aliphatic heterocycles. The topological polar surface area (TPSA) is 52.7 Å². The van der Waals surface area contributed by atoms with Crippen LogP contribution in [0, 0.1) is 0 Å². The van der Waals surface area contributed by atoms with E-state index in [1.54, 1.807) is 4.90 Å². The molecule has 3 aliphatic rings. The van der Waals surface area contributed by atoms with Crippen LogP contribution in [0.25, 0.3) is 0 Å². The van der Waals surface area contributed by atoms with E-state index in [2.05, 4.69) is 5.32 Å². The van der Waals surface area contributed by atoms with Crippen LogP contribution in [0.5, 0.6) is 0 Å². The highest BCUT2D eigenvalue weighted by atomic mass is 16.2. The fourth-order valence-electron chi connectivity index (χ4n) is 3.12. The van der Waals surface area contributed by atoms with Crippen molar-refractivity contribution in [3.05, 3.63) is 0 Å². The Morgan fingerprint density at radius 2 is 2.16 bits per heavy atom. The maximum Gasteiger partial charge on any atom is 0.242 e. The van der Waals surface area contributed by atoms with Crippen LogP contribution in [-0.2, 0) is 9.59 Å². The number of hydrogen-bond donors (Lipinski definition) is 1. The summed E-state index contributed by atoms with van der Waals surface area (Å²) in [6.07, 6.45) is 6.15. The average molecular weight is 265 g/mol. The maximum atomic E-state index is 12.4. The first-order chi connectivity index (χ1) is 9.24. The predicted octanol–water partition coefficient (Wildman–Crippen LogP) is 0.352. The van der Waals surface area contributed by atoms with Crippen LogP contribution in [-0.4, -0.2) is 59.9 Å². The molecule has 0 aromatic rings. The van der Waals surface area contributed by atoms with Gasteiger partial charge in [0, 0.05) is 31.6 Å². The minimum atomic E-state index is 0.142. The smallest absolute Gasteiger partial charge is 0.242 e. The van der Waals surface area contributed by atoms with Crippen molar-refractivity contribution in [1.82, 2.24) is 15.1 Å². The first-order valence-electron chi connectivity index (χ1n) is 7.54. The van der Waals surface area contributed by atoms with Crippen molar-refractivity contribution in [1.29, 1.82) is 0 Å². The molecule has 19 heavy (non-hydrogen) atoms. The second-order valence-electron chi connectivity index (χ2n) is 5.99. The highest BCUT2D eigenvalue weighted by molar-refractivity contribution is 5.86. The minimum Gasteiger partial charge on any atom is -0.337 e. The Kier molecular flexibility index (Phi) is 3.73. The quantitative estimate of drug-likeness (QED) is 0.780. The molecule has 0 spiro atoms. The van der Waals surface area contributed by atoms with Crippen molar-refractivity contribution in [2.75, 3.05) is 26.2 Å². The molecule has 5 nitrogen and oxygen atoms in total. The van der Waals surface area contributed by atoms with Gasteiger partial charge in [0.05, 0.1) is 6.54 Å². The summed E-state index contributed by atoms with van der Waals surface area (Å²) in [6.45, 7) is 2.94. The molecular formula is C14H23N3O2. The Morgan fingerprint density at radius 1 is 1.32 bits per heavy atom. The van der Waals surface area contributed by atoms with Crippen LogP contribution in [0.15, 0.2) is 0 Å². The zero-order chi connectivity index (χ0) is 13.2. The van der Waals surface area contributed by atoms with E-state index in [1.807, 2.05) is 4.90 Å². The van der Waals surface area contributed by atoms with Crippen LogP contribution in [0.2, 0.25) is 0 Å². The lowest BCUT2D eigenvalue weighted by Crippen LogP contribution is -2.46. The Hall–Kier alpha value is -1.10. The molecule has 2 amide bonds. The average Bonchev–Trinajstić information content (AvgIpc) is 2.95. The zero-order valence-electron chi connectivity index (χ0n) is 11.4. The monoisotopic (exact) mass is 265 g/mol. The van der Waals surface area contributed by atoms with Crippen molar-refractivity contribution in [3.8, 4) is 0 Å². The van der Waals surface area contributed by atoms with E-state index >= 15 is 0 Å². The van der Waals surface area contributed by atoms with E-state index < -0.39 is 0 Å². The number of carbonyl (C=O) groups excluding carboxylic acids is 2. The number of carbonyl (C=O) groups is 2. The van der Waals surface area contributed by atoms with Gasteiger partial charge in [-0.1, -0.05) is 0 Å². The molecule has 0 radical (unpaired) electrons. The summed E-state index contributed by atoms with van der Waals surface area (Å²) in [6, 6.07) is 0.895. The second-order valence-corrected chi connectivity index (χ2v) is 5.99. The van der Waals surface area contributed by atoms with Crippen molar-refractivity contribution in [2.24, 2.45) is 0 Å². The first kappa shape index (κ1) is 12.9. The molecule has 1 aliphatic carbocycles. The van der Waals surface area contributed by atoms with Gasteiger partial charge < -0.3 is 15.1 Å². The van der Waals surface area contributed by atoms with Crippen LogP contribution in [0.1, 0.15) is 38.5 Å². The normalized spacial score (nSPS) is 27.1. The number of nitrogens with one attached hydrogen (secondary N) is 1. The van der Waals surface area contributed by atoms with Crippen molar-refractivity contribution in [3.63, 3.8) is 0 Å². The molecule has 0 aromatic carbocycles. The van der Waals surface area contributed by atoms with Gasteiger partial charge >= 0.3 is 0 Å². The molecule has 0 bridgehead atoms. The largest absolute Gasteiger partial charge is 0.337 e. The number of rotatable bonds is 5. The summed E-state index contributed by atoms with van der Waals surface area (Å²) in [4.78, 5) is 27.8. The third-order valence-electron chi connectivity index (χ3n) is 4.38. The number of hydrogen-bond acceptors (Lipinski definition) is 3. The van der Waals surface area contributed by atoms with Crippen LogP contribution >= 0.6 is 0 Å².